The number of esters is 1. The van der Waals surface area contributed by atoms with Crippen molar-refractivity contribution in [3.8, 4) is 0 Å². The molecule has 114 valence electrons. The highest BCUT2D eigenvalue weighted by molar-refractivity contribution is 6.33. The minimum atomic E-state index is -0.404. The molecule has 0 atom stereocenters. The van der Waals surface area contributed by atoms with E-state index < -0.39 is 5.97 Å². The van der Waals surface area contributed by atoms with E-state index >= 15 is 0 Å². The molecule has 0 bridgehead atoms. The number of hydrogen-bond donors (Lipinski definition) is 0. The molecule has 0 unspecified atom stereocenters. The summed E-state index contributed by atoms with van der Waals surface area (Å²) >= 11 is 6.18. The molecular formula is C16H20ClNO3. The van der Waals surface area contributed by atoms with Crippen LogP contribution in [0.3, 0.4) is 0 Å². The maximum absolute atomic E-state index is 12.7. The molecule has 1 amide bonds. The van der Waals surface area contributed by atoms with E-state index in [4.69, 9.17) is 16.3 Å². The van der Waals surface area contributed by atoms with Crippen LogP contribution in [0.25, 0.3) is 0 Å². The summed E-state index contributed by atoms with van der Waals surface area (Å²) in [5, 5.41) is 0.424. The molecule has 0 spiro atoms. The van der Waals surface area contributed by atoms with Gasteiger partial charge in [0.25, 0.3) is 5.91 Å². The highest BCUT2D eigenvalue weighted by atomic mass is 35.5. The first kappa shape index (κ1) is 15.8. The Morgan fingerprint density at radius 2 is 2.00 bits per heavy atom. The Hall–Kier alpha value is -1.55. The summed E-state index contributed by atoms with van der Waals surface area (Å²) in [6, 6.07) is 5.43. The van der Waals surface area contributed by atoms with Crippen LogP contribution in [-0.4, -0.2) is 36.5 Å². The van der Waals surface area contributed by atoms with Gasteiger partial charge < -0.3 is 9.64 Å². The van der Waals surface area contributed by atoms with Crippen molar-refractivity contribution in [2.24, 2.45) is 0 Å². The number of nitrogens with zero attached hydrogens (tertiary/aromatic N) is 1. The molecule has 0 radical (unpaired) electrons. The maximum Gasteiger partial charge on any atom is 0.325 e. The average Bonchev–Trinajstić information content (AvgIpc) is 2.97. The first-order chi connectivity index (χ1) is 10.0. The monoisotopic (exact) mass is 309 g/mol. The Morgan fingerprint density at radius 1 is 1.33 bits per heavy atom. The molecular weight excluding hydrogens is 290 g/mol. The van der Waals surface area contributed by atoms with Crippen LogP contribution in [0.2, 0.25) is 5.02 Å². The van der Waals surface area contributed by atoms with E-state index in [1.807, 2.05) is 13.0 Å². The zero-order chi connectivity index (χ0) is 15.4. The molecule has 21 heavy (non-hydrogen) atoms. The van der Waals surface area contributed by atoms with Gasteiger partial charge in [-0.2, -0.15) is 0 Å². The predicted molar refractivity (Wildman–Crippen MR) is 81.5 cm³/mol. The lowest BCUT2D eigenvalue weighted by Crippen LogP contribution is -2.42. The molecule has 1 saturated carbocycles. The molecule has 1 fully saturated rings. The van der Waals surface area contributed by atoms with Crippen molar-refractivity contribution in [2.75, 3.05) is 13.7 Å². The summed E-state index contributed by atoms with van der Waals surface area (Å²) in [7, 11) is 1.33. The van der Waals surface area contributed by atoms with Gasteiger partial charge in [0.15, 0.2) is 0 Å². The van der Waals surface area contributed by atoms with Crippen LogP contribution >= 0.6 is 11.6 Å². The maximum atomic E-state index is 12.7. The van der Waals surface area contributed by atoms with Gasteiger partial charge in [-0.25, -0.2) is 0 Å². The summed E-state index contributed by atoms with van der Waals surface area (Å²) < 4.78 is 4.71. The van der Waals surface area contributed by atoms with E-state index in [1.165, 1.54) is 7.11 Å². The number of halogens is 1. The largest absolute Gasteiger partial charge is 0.468 e. The van der Waals surface area contributed by atoms with Crippen LogP contribution in [-0.2, 0) is 9.53 Å². The molecule has 1 aliphatic rings. The number of benzene rings is 1. The standard InChI is InChI=1S/C16H20ClNO3/c1-11-7-8-13(14(17)9-11)16(20)18(10-15(19)21-2)12-5-3-4-6-12/h7-9,12H,3-6,10H2,1-2H3. The van der Waals surface area contributed by atoms with Crippen molar-refractivity contribution >= 4 is 23.5 Å². The number of hydrogen-bond acceptors (Lipinski definition) is 3. The highest BCUT2D eigenvalue weighted by Gasteiger charge is 2.30. The van der Waals surface area contributed by atoms with E-state index in [1.54, 1.807) is 17.0 Å². The van der Waals surface area contributed by atoms with Gasteiger partial charge >= 0.3 is 5.97 Å². The predicted octanol–water partition coefficient (Wildman–Crippen LogP) is 3.21. The Morgan fingerprint density at radius 3 is 2.57 bits per heavy atom. The van der Waals surface area contributed by atoms with Crippen molar-refractivity contribution in [2.45, 2.75) is 38.6 Å². The van der Waals surface area contributed by atoms with Gasteiger partial charge in [-0.15, -0.1) is 0 Å². The molecule has 4 nitrogen and oxygen atoms in total. The summed E-state index contributed by atoms with van der Waals surface area (Å²) in [6.07, 6.45) is 4.01. The molecule has 2 rings (SSSR count). The Labute approximate surface area is 130 Å². The third-order valence-electron chi connectivity index (χ3n) is 3.91. The van der Waals surface area contributed by atoms with E-state index in [0.717, 1.165) is 31.2 Å². The number of aryl methyl sites for hydroxylation is 1. The van der Waals surface area contributed by atoms with Crippen molar-refractivity contribution < 1.29 is 14.3 Å². The Kier molecular flexibility index (Phi) is 5.23. The normalized spacial score (nSPS) is 15.0. The van der Waals surface area contributed by atoms with Gasteiger partial charge in [0, 0.05) is 6.04 Å². The smallest absolute Gasteiger partial charge is 0.325 e. The van der Waals surface area contributed by atoms with E-state index in [2.05, 4.69) is 0 Å². The minimum absolute atomic E-state index is 0.0236. The van der Waals surface area contributed by atoms with Crippen LogP contribution < -0.4 is 0 Å². The second-order valence-electron chi connectivity index (χ2n) is 5.43. The molecule has 0 heterocycles. The Balaban J connectivity index is 2.26. The van der Waals surface area contributed by atoms with Gasteiger partial charge in [-0.05, 0) is 37.5 Å². The fraction of sp³-hybridized carbons (Fsp3) is 0.500. The molecule has 5 heteroatoms. The average molecular weight is 310 g/mol. The summed E-state index contributed by atoms with van der Waals surface area (Å²) in [6.45, 7) is 1.90. The van der Waals surface area contributed by atoms with Crippen molar-refractivity contribution in [1.82, 2.24) is 4.90 Å². The summed E-state index contributed by atoms with van der Waals surface area (Å²) in [4.78, 5) is 26.0. The topological polar surface area (TPSA) is 46.6 Å². The van der Waals surface area contributed by atoms with Crippen molar-refractivity contribution in [3.63, 3.8) is 0 Å². The molecule has 0 aliphatic heterocycles. The number of carbonyl (C=O) groups is 2. The quantitative estimate of drug-likeness (QED) is 0.802. The van der Waals surface area contributed by atoms with E-state index in [0.29, 0.717) is 10.6 Å². The van der Waals surface area contributed by atoms with Gasteiger partial charge in [0.2, 0.25) is 0 Å². The first-order valence-electron chi connectivity index (χ1n) is 7.17. The molecule has 0 saturated heterocycles. The van der Waals surface area contributed by atoms with Gasteiger partial charge in [-0.3, -0.25) is 9.59 Å². The van der Waals surface area contributed by atoms with Crippen LogP contribution in [0.4, 0.5) is 0 Å². The lowest BCUT2D eigenvalue weighted by Gasteiger charge is -2.28. The lowest BCUT2D eigenvalue weighted by molar-refractivity contribution is -0.141. The number of carbonyl (C=O) groups excluding carboxylic acids is 2. The highest BCUT2D eigenvalue weighted by Crippen LogP contribution is 2.27. The van der Waals surface area contributed by atoms with Gasteiger partial charge in [0.05, 0.1) is 17.7 Å². The van der Waals surface area contributed by atoms with Crippen LogP contribution in [0.5, 0.6) is 0 Å². The first-order valence-corrected chi connectivity index (χ1v) is 7.54. The molecule has 1 aliphatic carbocycles. The zero-order valence-electron chi connectivity index (χ0n) is 12.4. The Bertz CT molecular complexity index is 538. The molecule has 0 N–H and O–H groups in total. The van der Waals surface area contributed by atoms with Crippen LogP contribution in [0.15, 0.2) is 18.2 Å². The van der Waals surface area contributed by atoms with Crippen LogP contribution in [0.1, 0.15) is 41.6 Å². The van der Waals surface area contributed by atoms with Crippen LogP contribution in [0, 0.1) is 6.92 Å². The third kappa shape index (κ3) is 3.76. The number of methoxy groups -OCH3 is 1. The second-order valence-corrected chi connectivity index (χ2v) is 5.84. The lowest BCUT2D eigenvalue weighted by atomic mass is 10.1. The number of rotatable bonds is 4. The van der Waals surface area contributed by atoms with Crippen molar-refractivity contribution in [1.29, 1.82) is 0 Å². The number of ether oxygens (including phenoxy) is 1. The minimum Gasteiger partial charge on any atom is -0.468 e. The fourth-order valence-corrected chi connectivity index (χ4v) is 3.05. The summed E-state index contributed by atoms with van der Waals surface area (Å²) in [5.74, 6) is -0.601. The fourth-order valence-electron chi connectivity index (χ4n) is 2.73. The number of amides is 1. The third-order valence-corrected chi connectivity index (χ3v) is 4.22. The van der Waals surface area contributed by atoms with Gasteiger partial charge in [-0.1, -0.05) is 30.5 Å². The molecule has 1 aromatic carbocycles. The summed E-state index contributed by atoms with van der Waals surface area (Å²) in [5.41, 5.74) is 1.44. The SMILES string of the molecule is COC(=O)CN(C(=O)c1ccc(C)cc1Cl)C1CCCC1. The van der Waals surface area contributed by atoms with E-state index in [9.17, 15) is 9.59 Å². The molecule has 1 aromatic rings. The van der Waals surface area contributed by atoms with Gasteiger partial charge in [0.1, 0.15) is 6.54 Å². The van der Waals surface area contributed by atoms with E-state index in [-0.39, 0.29) is 18.5 Å². The molecule has 0 aromatic heterocycles. The zero-order valence-corrected chi connectivity index (χ0v) is 13.2. The van der Waals surface area contributed by atoms with Crippen molar-refractivity contribution in [3.05, 3.63) is 34.3 Å². The second kappa shape index (κ2) is 6.94.